The highest BCUT2D eigenvalue weighted by molar-refractivity contribution is 9.10. The van der Waals surface area contributed by atoms with Crippen LogP contribution in [0.5, 0.6) is 0 Å². The summed E-state index contributed by atoms with van der Waals surface area (Å²) in [5, 5.41) is 4.54. The Morgan fingerprint density at radius 3 is 2.33 bits per heavy atom. The van der Waals surface area contributed by atoms with Crippen LogP contribution < -0.4 is 5.32 Å². The van der Waals surface area contributed by atoms with Gasteiger partial charge in [0.15, 0.2) is 5.82 Å². The smallest absolute Gasteiger partial charge is 0.151 e. The van der Waals surface area contributed by atoms with E-state index in [0.29, 0.717) is 20.9 Å². The minimum Gasteiger partial charge on any atom is -0.339 e. The number of aromatic nitrogens is 1. The maximum Gasteiger partial charge on any atom is 0.151 e. The number of rotatable bonds is 2. The highest BCUT2D eigenvalue weighted by atomic mass is 79.9. The summed E-state index contributed by atoms with van der Waals surface area (Å²) in [4.78, 5) is 4.06. The summed E-state index contributed by atoms with van der Waals surface area (Å²) in [6.07, 6.45) is 0. The first-order valence-corrected chi connectivity index (χ1v) is 7.01. The SMILES string of the molecule is Clc1ccc(Nc2nc(Cl)c(Cl)cc2Cl)cc1Br. The quantitative estimate of drug-likeness (QED) is 0.621. The lowest BCUT2D eigenvalue weighted by molar-refractivity contribution is 1.31. The normalized spacial score (nSPS) is 10.5. The number of nitrogens with one attached hydrogen (secondary N) is 1. The summed E-state index contributed by atoms with van der Waals surface area (Å²) in [6, 6.07) is 6.89. The minimum absolute atomic E-state index is 0.191. The van der Waals surface area contributed by atoms with Crippen LogP contribution in [0.4, 0.5) is 11.5 Å². The standard InChI is InChI=1S/C11H5BrCl4N2/c12-6-3-5(1-2-7(6)13)17-11-9(15)4-8(14)10(16)18-11/h1-4H,(H,17,18). The van der Waals surface area contributed by atoms with Crippen LogP contribution in [-0.4, -0.2) is 4.98 Å². The number of halogens is 5. The van der Waals surface area contributed by atoms with E-state index in [1.807, 2.05) is 6.07 Å². The molecule has 2 aromatic rings. The van der Waals surface area contributed by atoms with Gasteiger partial charge in [-0.05, 0) is 40.2 Å². The Balaban J connectivity index is 2.34. The van der Waals surface area contributed by atoms with Crippen molar-refractivity contribution in [3.8, 4) is 0 Å². The molecule has 0 saturated heterocycles. The van der Waals surface area contributed by atoms with Gasteiger partial charge in [-0.2, -0.15) is 0 Å². The maximum atomic E-state index is 6.02. The molecule has 0 saturated carbocycles. The van der Waals surface area contributed by atoms with Crippen molar-refractivity contribution in [1.82, 2.24) is 4.98 Å². The van der Waals surface area contributed by atoms with E-state index in [9.17, 15) is 0 Å². The zero-order valence-corrected chi connectivity index (χ0v) is 13.3. The highest BCUT2D eigenvalue weighted by Crippen LogP contribution is 2.32. The molecule has 0 aliphatic carbocycles. The fraction of sp³-hybridized carbons (Fsp3) is 0. The molecule has 0 fully saturated rings. The zero-order valence-electron chi connectivity index (χ0n) is 8.65. The second kappa shape index (κ2) is 5.85. The Morgan fingerprint density at radius 1 is 0.944 bits per heavy atom. The number of benzene rings is 1. The summed E-state index contributed by atoms with van der Waals surface area (Å²) in [5.74, 6) is 0.431. The van der Waals surface area contributed by atoms with Gasteiger partial charge in [0.25, 0.3) is 0 Å². The van der Waals surface area contributed by atoms with Gasteiger partial charge in [-0.3, -0.25) is 0 Å². The number of hydrogen-bond acceptors (Lipinski definition) is 2. The Kier molecular flexibility index (Phi) is 4.62. The molecule has 0 unspecified atom stereocenters. The molecule has 2 nitrogen and oxygen atoms in total. The van der Waals surface area contributed by atoms with Gasteiger partial charge >= 0.3 is 0 Å². The molecule has 0 atom stereocenters. The molecule has 7 heteroatoms. The number of pyridine rings is 1. The van der Waals surface area contributed by atoms with E-state index < -0.39 is 0 Å². The van der Waals surface area contributed by atoms with Crippen molar-refractivity contribution >= 4 is 73.8 Å². The van der Waals surface area contributed by atoms with Gasteiger partial charge in [-0.1, -0.05) is 46.4 Å². The summed E-state index contributed by atoms with van der Waals surface area (Å²) in [6.45, 7) is 0. The molecule has 1 aromatic heterocycles. The average Bonchev–Trinajstić information content (AvgIpc) is 2.31. The molecule has 18 heavy (non-hydrogen) atoms. The van der Waals surface area contributed by atoms with Crippen LogP contribution in [0.2, 0.25) is 20.2 Å². The van der Waals surface area contributed by atoms with Gasteiger partial charge in [-0.25, -0.2) is 4.98 Å². The van der Waals surface area contributed by atoms with Crippen molar-refractivity contribution in [3.63, 3.8) is 0 Å². The number of nitrogens with zero attached hydrogens (tertiary/aromatic N) is 1. The predicted molar refractivity (Wildman–Crippen MR) is 81.7 cm³/mol. The largest absolute Gasteiger partial charge is 0.339 e. The molecular weight excluding hydrogens is 382 g/mol. The van der Waals surface area contributed by atoms with Crippen LogP contribution in [0.25, 0.3) is 0 Å². The van der Waals surface area contributed by atoms with Crippen LogP contribution in [0, 0.1) is 0 Å². The van der Waals surface area contributed by atoms with Gasteiger partial charge in [0, 0.05) is 10.2 Å². The van der Waals surface area contributed by atoms with E-state index in [2.05, 4.69) is 26.2 Å². The van der Waals surface area contributed by atoms with Gasteiger partial charge in [0.05, 0.1) is 15.1 Å². The fourth-order valence-electron chi connectivity index (χ4n) is 1.24. The van der Waals surface area contributed by atoms with Gasteiger partial charge < -0.3 is 5.32 Å². The minimum atomic E-state index is 0.191. The van der Waals surface area contributed by atoms with Crippen LogP contribution in [0.1, 0.15) is 0 Å². The molecule has 0 bridgehead atoms. The third-order valence-electron chi connectivity index (χ3n) is 2.07. The first kappa shape index (κ1) is 14.2. The Labute approximate surface area is 132 Å². The number of hydrogen-bond donors (Lipinski definition) is 1. The van der Waals surface area contributed by atoms with Crippen molar-refractivity contribution in [3.05, 3.63) is 49.0 Å². The molecule has 0 amide bonds. The molecular formula is C11H5BrCl4N2. The van der Waals surface area contributed by atoms with Crippen LogP contribution in [0.15, 0.2) is 28.7 Å². The van der Waals surface area contributed by atoms with Gasteiger partial charge in [0.1, 0.15) is 5.15 Å². The molecule has 0 aliphatic heterocycles. The first-order chi connectivity index (χ1) is 8.47. The summed E-state index contributed by atoms with van der Waals surface area (Å²) in [7, 11) is 0. The second-order valence-electron chi connectivity index (χ2n) is 3.35. The van der Waals surface area contributed by atoms with E-state index in [4.69, 9.17) is 46.4 Å². The molecule has 0 aliphatic rings. The van der Waals surface area contributed by atoms with Crippen molar-refractivity contribution in [2.24, 2.45) is 0 Å². The molecule has 94 valence electrons. The van der Waals surface area contributed by atoms with Crippen LogP contribution >= 0.6 is 62.3 Å². The van der Waals surface area contributed by atoms with Crippen molar-refractivity contribution < 1.29 is 0 Å². The van der Waals surface area contributed by atoms with E-state index in [1.165, 1.54) is 6.07 Å². The zero-order chi connectivity index (χ0) is 13.3. The Bertz CT molecular complexity index is 604. The third-order valence-corrected chi connectivity index (χ3v) is 4.24. The molecule has 1 heterocycles. The molecule has 1 aromatic carbocycles. The van der Waals surface area contributed by atoms with Crippen molar-refractivity contribution in [2.75, 3.05) is 5.32 Å². The monoisotopic (exact) mass is 384 g/mol. The van der Waals surface area contributed by atoms with Crippen LogP contribution in [0.3, 0.4) is 0 Å². The number of anilines is 2. The first-order valence-electron chi connectivity index (χ1n) is 4.71. The lowest BCUT2D eigenvalue weighted by Crippen LogP contribution is -1.95. The van der Waals surface area contributed by atoms with Gasteiger partial charge in [-0.15, -0.1) is 0 Å². The van der Waals surface area contributed by atoms with Crippen molar-refractivity contribution in [2.45, 2.75) is 0 Å². The van der Waals surface area contributed by atoms with Crippen LogP contribution in [-0.2, 0) is 0 Å². The average molecular weight is 387 g/mol. The summed E-state index contributed by atoms with van der Waals surface area (Å²) in [5.41, 5.74) is 0.777. The summed E-state index contributed by atoms with van der Waals surface area (Å²) < 4.78 is 0.769. The lowest BCUT2D eigenvalue weighted by atomic mass is 10.3. The predicted octanol–water partition coefficient (Wildman–Crippen LogP) is 6.20. The van der Waals surface area contributed by atoms with Gasteiger partial charge in [0.2, 0.25) is 0 Å². The topological polar surface area (TPSA) is 24.9 Å². The maximum absolute atomic E-state index is 6.02. The molecule has 0 spiro atoms. The molecule has 1 N–H and O–H groups in total. The fourth-order valence-corrected chi connectivity index (χ4v) is 2.28. The third kappa shape index (κ3) is 3.22. The highest BCUT2D eigenvalue weighted by Gasteiger charge is 2.08. The second-order valence-corrected chi connectivity index (χ2v) is 5.78. The van der Waals surface area contributed by atoms with Crippen molar-refractivity contribution in [1.29, 1.82) is 0 Å². The van der Waals surface area contributed by atoms with E-state index >= 15 is 0 Å². The summed E-state index contributed by atoms with van der Waals surface area (Å²) >= 11 is 26.9. The molecule has 0 radical (unpaired) electrons. The Morgan fingerprint density at radius 2 is 1.67 bits per heavy atom. The lowest BCUT2D eigenvalue weighted by Gasteiger charge is -2.09. The van der Waals surface area contributed by atoms with E-state index in [-0.39, 0.29) is 5.15 Å². The Hall–Kier alpha value is -0.190. The van der Waals surface area contributed by atoms with E-state index in [0.717, 1.165) is 10.2 Å². The van der Waals surface area contributed by atoms with E-state index in [1.54, 1.807) is 12.1 Å². The molecule has 2 rings (SSSR count).